The summed E-state index contributed by atoms with van der Waals surface area (Å²) in [5.41, 5.74) is 8.45. The summed E-state index contributed by atoms with van der Waals surface area (Å²) in [6, 6.07) is 2.36. The lowest BCUT2D eigenvalue weighted by Crippen LogP contribution is -2.54. The Kier molecular flexibility index (Phi) is 3.46. The number of hydrogen-bond acceptors (Lipinski definition) is 4. The van der Waals surface area contributed by atoms with Crippen LogP contribution in [0.1, 0.15) is 68.4 Å². The van der Waals surface area contributed by atoms with Gasteiger partial charge in [-0.3, -0.25) is 4.79 Å². The summed E-state index contributed by atoms with van der Waals surface area (Å²) < 4.78 is 0. The van der Waals surface area contributed by atoms with Crippen LogP contribution in [-0.2, 0) is 17.6 Å². The van der Waals surface area contributed by atoms with E-state index in [-0.39, 0.29) is 5.41 Å². The first-order chi connectivity index (χ1) is 12.4. The molecule has 1 aromatic heterocycles. The fourth-order valence-corrected chi connectivity index (χ4v) is 8.75. The Labute approximate surface area is 160 Å². The molecule has 6 atom stereocenters. The molecule has 3 nitrogen and oxygen atoms in total. The summed E-state index contributed by atoms with van der Waals surface area (Å²) in [6.07, 6.45) is 8.86. The smallest absolute Gasteiger partial charge is 0.139 e. The number of carbonyl (C=O) groups excluding carboxylic acids is 1. The van der Waals surface area contributed by atoms with E-state index in [2.05, 4.69) is 19.9 Å². The molecule has 4 heteroatoms. The quantitative estimate of drug-likeness (QED) is 0.720. The SMILES string of the molecule is C[C@]12Cc3sc(N)c(C#N)c3C[C@@H]1CC[C@H]1[C@@H]2CC[C@@]2(C)C(=O)CC[C@@H]12. The van der Waals surface area contributed by atoms with Gasteiger partial charge in [-0.05, 0) is 79.6 Å². The highest BCUT2D eigenvalue weighted by Crippen LogP contribution is 2.65. The van der Waals surface area contributed by atoms with Crippen molar-refractivity contribution in [3.8, 4) is 6.07 Å². The van der Waals surface area contributed by atoms with Crippen LogP contribution in [0.3, 0.4) is 0 Å². The minimum Gasteiger partial charge on any atom is -0.389 e. The molecule has 0 spiro atoms. The summed E-state index contributed by atoms with van der Waals surface area (Å²) in [5, 5.41) is 10.2. The molecule has 0 aromatic carbocycles. The fraction of sp³-hybridized carbons (Fsp3) is 0.727. The Bertz CT molecular complexity index is 836. The van der Waals surface area contributed by atoms with Crippen molar-refractivity contribution in [3.05, 3.63) is 16.0 Å². The van der Waals surface area contributed by atoms with Gasteiger partial charge in [-0.25, -0.2) is 0 Å². The van der Waals surface area contributed by atoms with Crippen LogP contribution in [0.2, 0.25) is 0 Å². The van der Waals surface area contributed by atoms with Crippen molar-refractivity contribution in [2.75, 3.05) is 5.73 Å². The maximum Gasteiger partial charge on any atom is 0.139 e. The molecule has 3 saturated carbocycles. The maximum atomic E-state index is 12.6. The average Bonchev–Trinajstić information content (AvgIpc) is 3.07. The van der Waals surface area contributed by atoms with E-state index in [0.717, 1.165) is 49.5 Å². The van der Waals surface area contributed by atoms with Crippen LogP contribution in [0.25, 0.3) is 0 Å². The molecule has 0 aliphatic heterocycles. The number of anilines is 1. The van der Waals surface area contributed by atoms with E-state index >= 15 is 0 Å². The average molecular weight is 369 g/mol. The van der Waals surface area contributed by atoms with E-state index < -0.39 is 0 Å². The molecule has 5 rings (SSSR count). The third-order valence-corrected chi connectivity index (χ3v) is 10.1. The molecule has 0 radical (unpaired) electrons. The van der Waals surface area contributed by atoms with Crippen LogP contribution in [0, 0.1) is 45.8 Å². The van der Waals surface area contributed by atoms with Crippen LogP contribution in [0.5, 0.6) is 0 Å². The molecular formula is C22H28N2OS. The molecular weight excluding hydrogens is 340 g/mol. The standard InChI is InChI=1S/C22H28N2OS/c1-21-8-7-17-13(16(21)5-6-19(21)25)4-3-12-9-14-15(11-23)20(24)26-18(14)10-22(12,17)2/h12-13,16-17H,3-10,24H2,1-2H3/t12-,13+,16-,17-,21+,22-/m0/s1. The number of ketones is 1. The normalized spacial score (nSPS) is 43.8. The molecule has 3 fully saturated rings. The zero-order valence-electron chi connectivity index (χ0n) is 15.8. The summed E-state index contributed by atoms with van der Waals surface area (Å²) >= 11 is 1.66. The molecule has 4 aliphatic rings. The molecule has 26 heavy (non-hydrogen) atoms. The van der Waals surface area contributed by atoms with Crippen LogP contribution in [0.15, 0.2) is 0 Å². The first-order valence-corrected chi connectivity index (χ1v) is 11.0. The zero-order valence-corrected chi connectivity index (χ0v) is 16.6. The second kappa shape index (κ2) is 5.35. The second-order valence-electron chi connectivity index (χ2n) is 9.81. The van der Waals surface area contributed by atoms with Crippen LogP contribution in [-0.4, -0.2) is 5.78 Å². The van der Waals surface area contributed by atoms with Crippen molar-refractivity contribution < 1.29 is 4.79 Å². The van der Waals surface area contributed by atoms with Crippen LogP contribution < -0.4 is 5.73 Å². The van der Waals surface area contributed by atoms with Crippen molar-refractivity contribution in [1.29, 1.82) is 5.26 Å². The van der Waals surface area contributed by atoms with Gasteiger partial charge >= 0.3 is 0 Å². The molecule has 1 aromatic rings. The number of nitrogen functional groups attached to an aromatic ring is 1. The molecule has 0 bridgehead atoms. The van der Waals surface area contributed by atoms with E-state index in [9.17, 15) is 10.1 Å². The molecule has 2 N–H and O–H groups in total. The van der Waals surface area contributed by atoms with Crippen molar-refractivity contribution in [1.82, 2.24) is 0 Å². The third kappa shape index (κ3) is 1.96. The third-order valence-electron chi connectivity index (χ3n) is 9.00. The number of nitrogens with zero attached hydrogens (tertiary/aromatic N) is 1. The molecule has 1 heterocycles. The van der Waals surface area contributed by atoms with Gasteiger partial charge in [0.05, 0.1) is 5.56 Å². The van der Waals surface area contributed by atoms with Crippen molar-refractivity contribution in [3.63, 3.8) is 0 Å². The highest BCUT2D eigenvalue weighted by atomic mass is 32.1. The monoisotopic (exact) mass is 368 g/mol. The van der Waals surface area contributed by atoms with Gasteiger partial charge in [0.2, 0.25) is 0 Å². The lowest BCUT2D eigenvalue weighted by molar-refractivity contribution is -0.136. The van der Waals surface area contributed by atoms with Gasteiger partial charge < -0.3 is 5.73 Å². The van der Waals surface area contributed by atoms with Crippen molar-refractivity contribution in [2.45, 2.75) is 65.2 Å². The molecule has 4 aliphatic carbocycles. The number of rotatable bonds is 0. The van der Waals surface area contributed by atoms with Crippen LogP contribution in [0.4, 0.5) is 5.00 Å². The van der Waals surface area contributed by atoms with Crippen molar-refractivity contribution >= 4 is 22.1 Å². The number of nitrogens with two attached hydrogens (primary N) is 1. The first kappa shape index (κ1) is 16.8. The summed E-state index contributed by atoms with van der Waals surface area (Å²) in [5.74, 6) is 3.25. The predicted octanol–water partition coefficient (Wildman–Crippen LogP) is 4.73. The van der Waals surface area contributed by atoms with E-state index in [4.69, 9.17) is 5.73 Å². The Morgan fingerprint density at radius 2 is 2.00 bits per heavy atom. The number of hydrogen-bond donors (Lipinski definition) is 1. The Morgan fingerprint density at radius 1 is 1.19 bits per heavy atom. The predicted molar refractivity (Wildman–Crippen MR) is 104 cm³/mol. The minimum absolute atomic E-state index is 0.0362. The van der Waals surface area contributed by atoms with Gasteiger partial charge in [-0.2, -0.15) is 5.26 Å². The molecule has 0 amide bonds. The lowest BCUT2D eigenvalue weighted by Gasteiger charge is -2.59. The Morgan fingerprint density at radius 3 is 2.77 bits per heavy atom. The molecule has 0 saturated heterocycles. The lowest BCUT2D eigenvalue weighted by atomic mass is 9.45. The summed E-state index contributed by atoms with van der Waals surface area (Å²) in [6.45, 7) is 4.77. The highest BCUT2D eigenvalue weighted by molar-refractivity contribution is 7.16. The fourth-order valence-electron chi connectivity index (χ4n) is 7.52. The van der Waals surface area contributed by atoms with E-state index in [0.29, 0.717) is 28.0 Å². The highest BCUT2D eigenvalue weighted by Gasteiger charge is 2.60. The number of nitriles is 1. The van der Waals surface area contributed by atoms with E-state index in [1.807, 2.05) is 0 Å². The number of thiophene rings is 1. The van der Waals surface area contributed by atoms with Crippen LogP contribution >= 0.6 is 11.3 Å². The van der Waals surface area contributed by atoms with Gasteiger partial charge in [0.1, 0.15) is 16.9 Å². The van der Waals surface area contributed by atoms with Crippen molar-refractivity contribution in [2.24, 2.45) is 34.5 Å². The Hall–Kier alpha value is -1.34. The van der Waals surface area contributed by atoms with E-state index in [1.165, 1.54) is 29.7 Å². The number of carbonyl (C=O) groups is 1. The van der Waals surface area contributed by atoms with Gasteiger partial charge in [-0.1, -0.05) is 13.8 Å². The molecule has 138 valence electrons. The topological polar surface area (TPSA) is 66.9 Å². The first-order valence-electron chi connectivity index (χ1n) is 10.2. The summed E-state index contributed by atoms with van der Waals surface area (Å²) in [4.78, 5) is 13.9. The second-order valence-corrected chi connectivity index (χ2v) is 10.9. The zero-order chi connectivity index (χ0) is 18.3. The number of fused-ring (bicyclic) bond motifs is 6. The number of Topliss-reactive ketones (excluding diaryl/α,β-unsaturated/α-hetero) is 1. The Balaban J connectivity index is 1.52. The minimum atomic E-state index is -0.0362. The van der Waals surface area contributed by atoms with E-state index in [1.54, 1.807) is 11.3 Å². The maximum absolute atomic E-state index is 12.6. The largest absolute Gasteiger partial charge is 0.389 e. The van der Waals surface area contributed by atoms with Gasteiger partial charge in [-0.15, -0.1) is 11.3 Å². The molecule has 0 unspecified atom stereocenters. The van der Waals surface area contributed by atoms with Gasteiger partial charge in [0.25, 0.3) is 0 Å². The summed E-state index contributed by atoms with van der Waals surface area (Å²) in [7, 11) is 0. The van der Waals surface area contributed by atoms with Gasteiger partial charge in [0.15, 0.2) is 0 Å². The van der Waals surface area contributed by atoms with Gasteiger partial charge in [0, 0.05) is 16.7 Å².